The third-order valence-corrected chi connectivity index (χ3v) is 7.81. The zero-order valence-electron chi connectivity index (χ0n) is 20.9. The number of hydrogen-bond donors (Lipinski definition) is 3. The van der Waals surface area contributed by atoms with Crippen LogP contribution in [0.3, 0.4) is 0 Å². The molecule has 2 aliphatic heterocycles. The summed E-state index contributed by atoms with van der Waals surface area (Å²) in [6, 6.07) is 16.0. The Labute approximate surface area is 222 Å². The molecule has 0 spiro atoms. The van der Waals surface area contributed by atoms with Crippen molar-refractivity contribution in [3.8, 4) is 11.1 Å². The highest BCUT2D eigenvalue weighted by atomic mass is 35.5. The van der Waals surface area contributed by atoms with Gasteiger partial charge in [-0.2, -0.15) is 0 Å². The van der Waals surface area contributed by atoms with Gasteiger partial charge in [0.15, 0.2) is 0 Å². The van der Waals surface area contributed by atoms with E-state index < -0.39 is 0 Å². The van der Waals surface area contributed by atoms with Gasteiger partial charge < -0.3 is 20.5 Å². The molecule has 0 radical (unpaired) electrons. The number of aryl methyl sites for hydroxylation is 1. The molecule has 1 saturated heterocycles. The van der Waals surface area contributed by atoms with Crippen molar-refractivity contribution in [1.82, 2.24) is 15.2 Å². The zero-order chi connectivity index (χ0) is 25.5. The number of fused-ring (bicyclic) bond motifs is 1. The molecule has 2 aromatic carbocycles. The number of amides is 2. The maximum atomic E-state index is 13.7. The molecule has 7 heteroatoms. The van der Waals surface area contributed by atoms with E-state index in [0.717, 1.165) is 60.5 Å². The molecular formula is C30H31ClN4O2. The molecule has 6 rings (SSSR count). The van der Waals surface area contributed by atoms with Crippen LogP contribution in [-0.4, -0.2) is 47.4 Å². The summed E-state index contributed by atoms with van der Waals surface area (Å²) < 4.78 is 0. The van der Waals surface area contributed by atoms with Gasteiger partial charge in [-0.1, -0.05) is 35.9 Å². The summed E-state index contributed by atoms with van der Waals surface area (Å²) >= 11 is 6.11. The van der Waals surface area contributed by atoms with Crippen LogP contribution >= 0.6 is 11.6 Å². The molecule has 3 aromatic rings. The van der Waals surface area contributed by atoms with Crippen LogP contribution in [0.4, 0.5) is 5.69 Å². The third-order valence-electron chi connectivity index (χ3n) is 7.56. The molecule has 1 saturated carbocycles. The Morgan fingerprint density at radius 3 is 2.76 bits per heavy atom. The number of benzene rings is 2. The van der Waals surface area contributed by atoms with Crippen molar-refractivity contribution in [3.05, 3.63) is 76.1 Å². The summed E-state index contributed by atoms with van der Waals surface area (Å²) in [6.07, 6.45) is 6.54. The van der Waals surface area contributed by atoms with Gasteiger partial charge in [0.1, 0.15) is 0 Å². The number of nitrogens with one attached hydrogen (secondary N) is 3. The smallest absolute Gasteiger partial charge is 0.256 e. The molecule has 1 atom stereocenters. The molecule has 6 nitrogen and oxygen atoms in total. The number of piperidine rings is 1. The Kier molecular flexibility index (Phi) is 6.39. The van der Waals surface area contributed by atoms with Crippen LogP contribution in [0.15, 0.2) is 48.5 Å². The van der Waals surface area contributed by atoms with E-state index in [0.29, 0.717) is 33.8 Å². The van der Waals surface area contributed by atoms with Crippen LogP contribution in [-0.2, 0) is 4.79 Å². The van der Waals surface area contributed by atoms with Gasteiger partial charge in [-0.05, 0) is 86.5 Å². The molecule has 1 aromatic heterocycles. The number of carbonyl (C=O) groups is 2. The maximum absolute atomic E-state index is 13.7. The molecule has 2 amide bonds. The summed E-state index contributed by atoms with van der Waals surface area (Å²) in [5, 5.41) is 7.27. The Hall–Kier alpha value is -3.35. The number of carbonyl (C=O) groups excluding carboxylic acids is 2. The topological polar surface area (TPSA) is 77.2 Å². The minimum absolute atomic E-state index is 0.0249. The standard InChI is InChI=1S/C30H31ClN4O2/c1-18-14-24(30(37)35-13-3-4-19(17-35)16-32-22-11-12-22)27(33-18)15-25-28-23(20-7-9-21(31)10-8-20)5-2-6-26(28)34-29(25)36/h2,5-10,14-15,19,22,32-33H,3-4,11-13,16-17H2,1H3,(H,34,36)/t19-/m0/s1. The lowest BCUT2D eigenvalue weighted by molar-refractivity contribution is -0.110. The van der Waals surface area contributed by atoms with Crippen LogP contribution in [0.5, 0.6) is 0 Å². The molecule has 0 bridgehead atoms. The lowest BCUT2D eigenvalue weighted by Gasteiger charge is -2.33. The predicted octanol–water partition coefficient (Wildman–Crippen LogP) is 5.74. The van der Waals surface area contributed by atoms with E-state index in [1.807, 2.05) is 66.4 Å². The largest absolute Gasteiger partial charge is 0.358 e. The van der Waals surface area contributed by atoms with Gasteiger partial charge >= 0.3 is 0 Å². The van der Waals surface area contributed by atoms with E-state index in [9.17, 15) is 9.59 Å². The lowest BCUT2D eigenvalue weighted by atomic mass is 9.94. The summed E-state index contributed by atoms with van der Waals surface area (Å²) in [6.45, 7) is 4.45. The number of rotatable bonds is 6. The number of aromatic amines is 1. The van der Waals surface area contributed by atoms with Crippen LogP contribution < -0.4 is 10.6 Å². The van der Waals surface area contributed by atoms with Gasteiger partial charge in [-0.3, -0.25) is 9.59 Å². The van der Waals surface area contributed by atoms with Crippen molar-refractivity contribution < 1.29 is 9.59 Å². The van der Waals surface area contributed by atoms with Gasteiger partial charge in [-0.15, -0.1) is 0 Å². The molecule has 1 aliphatic carbocycles. The second-order valence-electron chi connectivity index (χ2n) is 10.5. The van der Waals surface area contributed by atoms with Crippen LogP contribution in [0.1, 0.15) is 53.0 Å². The number of likely N-dealkylation sites (tertiary alicyclic amines) is 1. The third kappa shape index (κ3) is 4.96. The molecule has 0 unspecified atom stereocenters. The first-order valence-corrected chi connectivity index (χ1v) is 13.5. The average Bonchev–Trinajstić information content (AvgIpc) is 3.58. The maximum Gasteiger partial charge on any atom is 0.256 e. The van der Waals surface area contributed by atoms with Gasteiger partial charge in [0.05, 0.1) is 16.8 Å². The van der Waals surface area contributed by atoms with Crippen molar-refractivity contribution >= 4 is 40.8 Å². The summed E-state index contributed by atoms with van der Waals surface area (Å²) in [5.74, 6) is 0.331. The number of halogens is 1. The normalized spacial score (nSPS) is 20.3. The fraction of sp³-hybridized carbons (Fsp3) is 0.333. The van der Waals surface area contributed by atoms with Gasteiger partial charge in [-0.25, -0.2) is 0 Å². The Balaban J connectivity index is 1.32. The second-order valence-corrected chi connectivity index (χ2v) is 10.9. The number of anilines is 1. The van der Waals surface area contributed by atoms with Crippen molar-refractivity contribution in [1.29, 1.82) is 0 Å². The fourth-order valence-electron chi connectivity index (χ4n) is 5.51. The Morgan fingerprint density at radius 2 is 1.97 bits per heavy atom. The van der Waals surface area contributed by atoms with Crippen LogP contribution in [0, 0.1) is 12.8 Å². The molecule has 37 heavy (non-hydrogen) atoms. The molecule has 3 N–H and O–H groups in total. The van der Waals surface area contributed by atoms with Crippen molar-refractivity contribution in [2.45, 2.75) is 38.6 Å². The molecule has 3 heterocycles. The van der Waals surface area contributed by atoms with Crippen molar-refractivity contribution in [3.63, 3.8) is 0 Å². The van der Waals surface area contributed by atoms with E-state index in [1.165, 1.54) is 12.8 Å². The van der Waals surface area contributed by atoms with E-state index >= 15 is 0 Å². The Morgan fingerprint density at radius 1 is 1.16 bits per heavy atom. The highest BCUT2D eigenvalue weighted by Crippen LogP contribution is 2.41. The lowest BCUT2D eigenvalue weighted by Crippen LogP contribution is -2.43. The molecule has 3 aliphatic rings. The quantitative estimate of drug-likeness (QED) is 0.367. The van der Waals surface area contributed by atoms with E-state index in [-0.39, 0.29) is 11.8 Å². The van der Waals surface area contributed by atoms with Crippen molar-refractivity contribution in [2.24, 2.45) is 5.92 Å². The molecule has 2 fully saturated rings. The highest BCUT2D eigenvalue weighted by Gasteiger charge is 2.31. The SMILES string of the molecule is Cc1cc(C(=O)N2CCC[C@@H](CNC3CC3)C2)c(C=C2C(=O)Nc3cccc(-c4ccc(Cl)cc4)c32)[nH]1. The molecule has 190 valence electrons. The number of nitrogens with zero attached hydrogens (tertiary/aromatic N) is 1. The van der Waals surface area contributed by atoms with Gasteiger partial charge in [0.25, 0.3) is 11.8 Å². The first-order valence-electron chi connectivity index (χ1n) is 13.1. The van der Waals surface area contributed by atoms with Crippen LogP contribution in [0.2, 0.25) is 5.02 Å². The van der Waals surface area contributed by atoms with Crippen LogP contribution in [0.25, 0.3) is 22.8 Å². The number of aromatic nitrogens is 1. The average molecular weight is 515 g/mol. The second kappa shape index (κ2) is 9.84. The fourth-order valence-corrected chi connectivity index (χ4v) is 5.64. The molecular weight excluding hydrogens is 484 g/mol. The monoisotopic (exact) mass is 514 g/mol. The van der Waals surface area contributed by atoms with E-state index in [4.69, 9.17) is 11.6 Å². The minimum Gasteiger partial charge on any atom is -0.358 e. The van der Waals surface area contributed by atoms with Gasteiger partial charge in [0.2, 0.25) is 0 Å². The van der Waals surface area contributed by atoms with Gasteiger partial charge in [0, 0.05) is 41.1 Å². The highest BCUT2D eigenvalue weighted by molar-refractivity contribution is 6.36. The minimum atomic E-state index is -0.175. The number of hydrogen-bond acceptors (Lipinski definition) is 3. The Bertz CT molecular complexity index is 1390. The first-order chi connectivity index (χ1) is 18.0. The van der Waals surface area contributed by atoms with E-state index in [2.05, 4.69) is 15.6 Å². The summed E-state index contributed by atoms with van der Waals surface area (Å²) in [5.41, 5.74) is 6.24. The first kappa shape index (κ1) is 24.0. The zero-order valence-corrected chi connectivity index (χ0v) is 21.7. The number of H-pyrrole nitrogens is 1. The van der Waals surface area contributed by atoms with Crippen molar-refractivity contribution in [2.75, 3.05) is 25.0 Å². The summed E-state index contributed by atoms with van der Waals surface area (Å²) in [7, 11) is 0. The summed E-state index contributed by atoms with van der Waals surface area (Å²) in [4.78, 5) is 32.1. The van der Waals surface area contributed by atoms with E-state index in [1.54, 1.807) is 0 Å². The predicted molar refractivity (Wildman–Crippen MR) is 149 cm³/mol.